The molecule has 0 saturated heterocycles. The lowest BCUT2D eigenvalue weighted by molar-refractivity contribution is -0.141. The Balaban J connectivity index is 1.49. The van der Waals surface area contributed by atoms with Gasteiger partial charge >= 0.3 is 5.97 Å². The number of nitrogens with one attached hydrogen (secondary N) is 1. The summed E-state index contributed by atoms with van der Waals surface area (Å²) in [6, 6.07) is 29.9. The van der Waals surface area contributed by atoms with Gasteiger partial charge in [-0.25, -0.2) is 14.8 Å². The number of hydrogen-bond donors (Lipinski definition) is 1. The van der Waals surface area contributed by atoms with Crippen molar-refractivity contribution in [2.45, 2.75) is 18.9 Å². The number of rotatable bonds is 8. The van der Waals surface area contributed by atoms with Crippen LogP contribution >= 0.6 is 0 Å². The van der Waals surface area contributed by atoms with Crippen LogP contribution in [0.3, 0.4) is 0 Å². The molecule has 0 aliphatic heterocycles. The third kappa shape index (κ3) is 5.58. The second kappa shape index (κ2) is 10.4. The number of methoxy groups -OCH3 is 1. The molecular formula is C27H25N3O2. The Labute approximate surface area is 188 Å². The van der Waals surface area contributed by atoms with Gasteiger partial charge in [-0.05, 0) is 23.1 Å². The van der Waals surface area contributed by atoms with Crippen molar-refractivity contribution in [3.8, 4) is 11.3 Å². The van der Waals surface area contributed by atoms with Gasteiger partial charge in [0.1, 0.15) is 18.2 Å². The Morgan fingerprint density at radius 2 is 1.47 bits per heavy atom. The lowest BCUT2D eigenvalue weighted by Gasteiger charge is -2.17. The zero-order valence-corrected chi connectivity index (χ0v) is 17.9. The summed E-state index contributed by atoms with van der Waals surface area (Å²) in [6.07, 6.45) is 2.89. The molecule has 0 spiro atoms. The van der Waals surface area contributed by atoms with Crippen molar-refractivity contribution in [3.05, 3.63) is 114 Å². The van der Waals surface area contributed by atoms with Crippen LogP contribution in [0.1, 0.15) is 16.7 Å². The molecular weight excluding hydrogens is 398 g/mol. The van der Waals surface area contributed by atoms with E-state index in [0.29, 0.717) is 12.2 Å². The maximum Gasteiger partial charge on any atom is 0.328 e. The van der Waals surface area contributed by atoms with Gasteiger partial charge in [0.05, 0.1) is 12.8 Å². The summed E-state index contributed by atoms with van der Waals surface area (Å²) in [5.74, 6) is 0.244. The van der Waals surface area contributed by atoms with Crippen LogP contribution in [0.5, 0.6) is 0 Å². The van der Waals surface area contributed by atoms with E-state index in [9.17, 15) is 4.79 Å². The van der Waals surface area contributed by atoms with E-state index in [4.69, 9.17) is 4.74 Å². The van der Waals surface area contributed by atoms with E-state index in [1.807, 2.05) is 42.5 Å². The highest BCUT2D eigenvalue weighted by Gasteiger charge is 2.20. The first-order valence-corrected chi connectivity index (χ1v) is 10.5. The third-order valence-corrected chi connectivity index (χ3v) is 5.26. The maximum absolute atomic E-state index is 12.3. The highest BCUT2D eigenvalue weighted by Crippen LogP contribution is 2.21. The van der Waals surface area contributed by atoms with E-state index in [2.05, 4.69) is 63.8 Å². The average molecular weight is 424 g/mol. The number of carbonyl (C=O) groups excluding carboxylic acids is 1. The quantitative estimate of drug-likeness (QED) is 0.407. The minimum Gasteiger partial charge on any atom is -0.467 e. The molecule has 0 bridgehead atoms. The van der Waals surface area contributed by atoms with E-state index in [-0.39, 0.29) is 5.97 Å². The molecule has 0 aliphatic rings. The molecule has 1 atom stereocenters. The molecule has 0 amide bonds. The lowest BCUT2D eigenvalue weighted by atomic mass is 10.0. The van der Waals surface area contributed by atoms with Crippen LogP contribution in [0.25, 0.3) is 11.3 Å². The number of benzene rings is 3. The second-order valence-corrected chi connectivity index (χ2v) is 7.56. The molecule has 160 valence electrons. The number of esters is 1. The number of carbonyl (C=O) groups is 1. The molecule has 0 aliphatic carbocycles. The predicted octanol–water partition coefficient (Wildman–Crippen LogP) is 4.93. The first kappa shape index (κ1) is 21.2. The minimum atomic E-state index is -0.543. The number of nitrogens with zero attached hydrogens (tertiary/aromatic N) is 2. The number of anilines is 1. The van der Waals surface area contributed by atoms with Gasteiger partial charge in [0.15, 0.2) is 0 Å². The van der Waals surface area contributed by atoms with Crippen LogP contribution in [-0.4, -0.2) is 29.1 Å². The standard InChI is InChI=1S/C27H25N3O2/c1-32-27(31)25(17-21-10-6-3-7-11-21)30-26-18-24(28-19-29-26)23-14-12-22(13-15-23)16-20-8-4-2-5-9-20/h2-15,18-19,25H,16-17H2,1H3,(H,28,29,30)/t25-/m0/s1. The Hall–Kier alpha value is -3.99. The van der Waals surface area contributed by atoms with Crippen molar-refractivity contribution >= 4 is 11.8 Å². The van der Waals surface area contributed by atoms with Gasteiger partial charge in [0.25, 0.3) is 0 Å². The van der Waals surface area contributed by atoms with Crippen molar-refractivity contribution < 1.29 is 9.53 Å². The fourth-order valence-electron chi connectivity index (χ4n) is 3.58. The summed E-state index contributed by atoms with van der Waals surface area (Å²) in [5, 5.41) is 3.21. The Morgan fingerprint density at radius 1 is 0.844 bits per heavy atom. The monoisotopic (exact) mass is 423 g/mol. The van der Waals surface area contributed by atoms with E-state index >= 15 is 0 Å². The van der Waals surface area contributed by atoms with Gasteiger partial charge in [0.2, 0.25) is 0 Å². The number of hydrogen-bond acceptors (Lipinski definition) is 5. The zero-order valence-electron chi connectivity index (χ0n) is 17.9. The summed E-state index contributed by atoms with van der Waals surface area (Å²) in [5.41, 5.74) is 5.34. The molecule has 4 aromatic rings. The molecule has 5 heteroatoms. The lowest BCUT2D eigenvalue weighted by Crippen LogP contribution is -2.33. The first-order valence-electron chi connectivity index (χ1n) is 10.5. The normalized spacial score (nSPS) is 11.5. The van der Waals surface area contributed by atoms with Gasteiger partial charge < -0.3 is 10.1 Å². The SMILES string of the molecule is COC(=O)[C@H](Cc1ccccc1)Nc1cc(-c2ccc(Cc3ccccc3)cc2)ncn1. The Kier molecular flexibility index (Phi) is 6.88. The number of ether oxygens (including phenoxy) is 1. The molecule has 0 saturated carbocycles. The van der Waals surface area contributed by atoms with Gasteiger partial charge in [-0.15, -0.1) is 0 Å². The summed E-state index contributed by atoms with van der Waals surface area (Å²) in [6.45, 7) is 0. The van der Waals surface area contributed by atoms with Crippen LogP contribution in [0.2, 0.25) is 0 Å². The van der Waals surface area contributed by atoms with E-state index in [1.165, 1.54) is 24.6 Å². The zero-order chi connectivity index (χ0) is 22.2. The fraction of sp³-hybridized carbons (Fsp3) is 0.148. The highest BCUT2D eigenvalue weighted by molar-refractivity contribution is 5.79. The van der Waals surface area contributed by atoms with E-state index in [0.717, 1.165) is 23.2 Å². The predicted molar refractivity (Wildman–Crippen MR) is 126 cm³/mol. The van der Waals surface area contributed by atoms with Gasteiger partial charge in [0, 0.05) is 18.1 Å². The van der Waals surface area contributed by atoms with Crippen LogP contribution in [-0.2, 0) is 22.4 Å². The van der Waals surface area contributed by atoms with Gasteiger partial charge in [-0.1, -0.05) is 84.9 Å². The number of aromatic nitrogens is 2. The smallest absolute Gasteiger partial charge is 0.328 e. The molecule has 1 N–H and O–H groups in total. The minimum absolute atomic E-state index is 0.334. The van der Waals surface area contributed by atoms with Crippen molar-refractivity contribution in [1.29, 1.82) is 0 Å². The van der Waals surface area contributed by atoms with E-state index < -0.39 is 6.04 Å². The molecule has 5 nitrogen and oxygen atoms in total. The maximum atomic E-state index is 12.3. The molecule has 3 aromatic carbocycles. The van der Waals surface area contributed by atoms with E-state index in [1.54, 1.807) is 0 Å². The fourth-order valence-corrected chi connectivity index (χ4v) is 3.58. The molecule has 1 heterocycles. The van der Waals surface area contributed by atoms with Crippen molar-refractivity contribution in [3.63, 3.8) is 0 Å². The summed E-state index contributed by atoms with van der Waals surface area (Å²) in [4.78, 5) is 21.1. The first-order chi connectivity index (χ1) is 15.7. The molecule has 4 rings (SSSR count). The molecule has 32 heavy (non-hydrogen) atoms. The van der Waals surface area contributed by atoms with Crippen molar-refractivity contribution in [2.75, 3.05) is 12.4 Å². The van der Waals surface area contributed by atoms with Crippen LogP contribution in [0.15, 0.2) is 97.3 Å². The Bertz CT molecular complexity index is 1150. The summed E-state index contributed by atoms with van der Waals surface area (Å²) >= 11 is 0. The van der Waals surface area contributed by atoms with Crippen LogP contribution in [0, 0.1) is 0 Å². The molecule has 0 radical (unpaired) electrons. The van der Waals surface area contributed by atoms with Gasteiger partial charge in [-0.3, -0.25) is 0 Å². The summed E-state index contributed by atoms with van der Waals surface area (Å²) < 4.78 is 4.99. The highest BCUT2D eigenvalue weighted by atomic mass is 16.5. The third-order valence-electron chi connectivity index (χ3n) is 5.26. The average Bonchev–Trinajstić information content (AvgIpc) is 2.85. The van der Waals surface area contributed by atoms with Crippen molar-refractivity contribution in [1.82, 2.24) is 9.97 Å². The Morgan fingerprint density at radius 3 is 2.12 bits per heavy atom. The van der Waals surface area contributed by atoms with Crippen LogP contribution in [0.4, 0.5) is 5.82 Å². The van der Waals surface area contributed by atoms with Gasteiger partial charge in [-0.2, -0.15) is 0 Å². The molecule has 0 unspecified atom stereocenters. The second-order valence-electron chi connectivity index (χ2n) is 7.56. The summed E-state index contributed by atoms with van der Waals surface area (Å²) in [7, 11) is 1.39. The van der Waals surface area contributed by atoms with Crippen LogP contribution < -0.4 is 5.32 Å². The largest absolute Gasteiger partial charge is 0.467 e. The topological polar surface area (TPSA) is 64.1 Å². The molecule has 1 aromatic heterocycles. The van der Waals surface area contributed by atoms with Crippen molar-refractivity contribution in [2.24, 2.45) is 0 Å². The molecule has 0 fully saturated rings.